The van der Waals surface area contributed by atoms with Crippen molar-refractivity contribution in [3.05, 3.63) is 29.8 Å². The van der Waals surface area contributed by atoms with E-state index in [0.717, 1.165) is 38.2 Å². The Kier molecular flexibility index (Phi) is 5.62. The third-order valence-electron chi connectivity index (χ3n) is 4.36. The first-order valence-corrected chi connectivity index (χ1v) is 7.86. The number of likely N-dealkylation sites (N-methyl/N-ethyl adjacent to an activating group) is 1. The van der Waals surface area contributed by atoms with Crippen LogP contribution in [0, 0.1) is 0 Å². The van der Waals surface area contributed by atoms with Gasteiger partial charge in [0.1, 0.15) is 5.75 Å². The SMILES string of the molecule is CCN(CC)C(=O)C1CC(c2ccccc2OC)CCN1. The molecule has 21 heavy (non-hydrogen) atoms. The van der Waals surface area contributed by atoms with Crippen molar-refractivity contribution in [2.45, 2.75) is 38.6 Å². The normalized spacial score (nSPS) is 21.9. The molecule has 1 aliphatic heterocycles. The van der Waals surface area contributed by atoms with E-state index in [1.54, 1.807) is 7.11 Å². The molecule has 1 heterocycles. The highest BCUT2D eigenvalue weighted by molar-refractivity contribution is 5.82. The number of nitrogens with one attached hydrogen (secondary N) is 1. The van der Waals surface area contributed by atoms with Crippen LogP contribution in [0.2, 0.25) is 0 Å². The van der Waals surface area contributed by atoms with Crippen LogP contribution in [0.1, 0.15) is 38.2 Å². The fraction of sp³-hybridized carbons (Fsp3) is 0.588. The van der Waals surface area contributed by atoms with E-state index < -0.39 is 0 Å². The molecule has 1 N–H and O–H groups in total. The molecule has 1 amide bonds. The third-order valence-corrected chi connectivity index (χ3v) is 4.36. The first kappa shape index (κ1) is 15.8. The van der Waals surface area contributed by atoms with Gasteiger partial charge in [0.2, 0.25) is 5.91 Å². The average Bonchev–Trinajstić information content (AvgIpc) is 2.56. The molecular formula is C17H26N2O2. The minimum absolute atomic E-state index is 0.0754. The second kappa shape index (κ2) is 7.46. The Morgan fingerprint density at radius 2 is 2.05 bits per heavy atom. The van der Waals surface area contributed by atoms with E-state index in [1.807, 2.05) is 36.9 Å². The van der Waals surface area contributed by atoms with E-state index in [-0.39, 0.29) is 11.9 Å². The molecule has 0 aromatic heterocycles. The second-order valence-electron chi connectivity index (χ2n) is 5.48. The highest BCUT2D eigenvalue weighted by Crippen LogP contribution is 2.34. The largest absolute Gasteiger partial charge is 0.496 e. The van der Waals surface area contributed by atoms with Crippen molar-refractivity contribution < 1.29 is 9.53 Å². The van der Waals surface area contributed by atoms with Gasteiger partial charge < -0.3 is 15.0 Å². The van der Waals surface area contributed by atoms with Gasteiger partial charge in [0.05, 0.1) is 13.2 Å². The monoisotopic (exact) mass is 290 g/mol. The highest BCUT2D eigenvalue weighted by atomic mass is 16.5. The summed E-state index contributed by atoms with van der Waals surface area (Å²) in [5.41, 5.74) is 1.22. The molecular weight excluding hydrogens is 264 g/mol. The number of benzene rings is 1. The fourth-order valence-electron chi connectivity index (χ4n) is 3.15. The fourth-order valence-corrected chi connectivity index (χ4v) is 3.15. The van der Waals surface area contributed by atoms with E-state index in [4.69, 9.17) is 4.74 Å². The number of hydrogen-bond acceptors (Lipinski definition) is 3. The smallest absolute Gasteiger partial charge is 0.239 e. The number of carbonyl (C=O) groups excluding carboxylic acids is 1. The number of methoxy groups -OCH3 is 1. The Morgan fingerprint density at radius 1 is 1.33 bits per heavy atom. The number of hydrogen-bond donors (Lipinski definition) is 1. The van der Waals surface area contributed by atoms with Crippen molar-refractivity contribution in [1.82, 2.24) is 10.2 Å². The number of nitrogens with zero attached hydrogens (tertiary/aromatic N) is 1. The second-order valence-corrected chi connectivity index (χ2v) is 5.48. The van der Waals surface area contributed by atoms with E-state index in [0.29, 0.717) is 5.92 Å². The van der Waals surface area contributed by atoms with Crippen LogP contribution in [-0.4, -0.2) is 43.6 Å². The zero-order valence-corrected chi connectivity index (χ0v) is 13.3. The maximum Gasteiger partial charge on any atom is 0.239 e. The minimum Gasteiger partial charge on any atom is -0.496 e. The van der Waals surface area contributed by atoms with Crippen LogP contribution < -0.4 is 10.1 Å². The van der Waals surface area contributed by atoms with Gasteiger partial charge in [0, 0.05) is 13.1 Å². The lowest BCUT2D eigenvalue weighted by Crippen LogP contribution is -2.49. The van der Waals surface area contributed by atoms with Gasteiger partial charge in [-0.25, -0.2) is 0 Å². The predicted octanol–water partition coefficient (Wildman–Crippen LogP) is 2.40. The molecule has 2 rings (SSSR count). The zero-order chi connectivity index (χ0) is 15.2. The van der Waals surface area contributed by atoms with Crippen LogP contribution in [-0.2, 0) is 4.79 Å². The van der Waals surface area contributed by atoms with Crippen molar-refractivity contribution in [3.63, 3.8) is 0 Å². The Bertz CT molecular complexity index is 472. The summed E-state index contributed by atoms with van der Waals surface area (Å²) in [6.07, 6.45) is 1.89. The number of amides is 1. The standard InChI is InChI=1S/C17H26N2O2/c1-4-19(5-2)17(20)15-12-13(10-11-18-15)14-8-6-7-9-16(14)21-3/h6-9,13,15,18H,4-5,10-12H2,1-3H3. The first-order chi connectivity index (χ1) is 10.2. The number of piperidine rings is 1. The molecule has 1 saturated heterocycles. The first-order valence-electron chi connectivity index (χ1n) is 7.86. The van der Waals surface area contributed by atoms with Crippen LogP contribution in [0.5, 0.6) is 5.75 Å². The van der Waals surface area contributed by atoms with Gasteiger partial charge in [-0.3, -0.25) is 4.79 Å². The van der Waals surface area contributed by atoms with Crippen LogP contribution in [0.3, 0.4) is 0 Å². The van der Waals surface area contributed by atoms with Gasteiger partial charge in [0.25, 0.3) is 0 Å². The summed E-state index contributed by atoms with van der Waals surface area (Å²) in [6.45, 7) is 6.48. The molecule has 1 aromatic carbocycles. The Balaban J connectivity index is 2.12. The van der Waals surface area contributed by atoms with E-state index in [1.165, 1.54) is 5.56 Å². The van der Waals surface area contributed by atoms with E-state index in [9.17, 15) is 4.79 Å². The summed E-state index contributed by atoms with van der Waals surface area (Å²) < 4.78 is 5.47. The number of ether oxygens (including phenoxy) is 1. The topological polar surface area (TPSA) is 41.6 Å². The summed E-state index contributed by atoms with van der Waals surface area (Å²) in [4.78, 5) is 14.4. The van der Waals surface area contributed by atoms with Crippen LogP contribution in [0.15, 0.2) is 24.3 Å². The van der Waals surface area contributed by atoms with Gasteiger partial charge in [-0.2, -0.15) is 0 Å². The zero-order valence-electron chi connectivity index (χ0n) is 13.3. The molecule has 0 saturated carbocycles. The maximum atomic E-state index is 12.5. The van der Waals surface area contributed by atoms with Crippen molar-refractivity contribution in [1.29, 1.82) is 0 Å². The summed E-state index contributed by atoms with van der Waals surface area (Å²) in [7, 11) is 1.71. The van der Waals surface area contributed by atoms with Crippen molar-refractivity contribution >= 4 is 5.91 Å². The Morgan fingerprint density at radius 3 is 2.71 bits per heavy atom. The van der Waals surface area contributed by atoms with Crippen LogP contribution in [0.25, 0.3) is 0 Å². The van der Waals surface area contributed by atoms with Crippen LogP contribution in [0.4, 0.5) is 0 Å². The summed E-state index contributed by atoms with van der Waals surface area (Å²) >= 11 is 0. The molecule has 0 aliphatic carbocycles. The molecule has 116 valence electrons. The van der Waals surface area contributed by atoms with E-state index in [2.05, 4.69) is 11.4 Å². The third kappa shape index (κ3) is 3.56. The van der Waals surface area contributed by atoms with Gasteiger partial charge in [0.15, 0.2) is 0 Å². The molecule has 1 fully saturated rings. The molecule has 0 radical (unpaired) electrons. The number of para-hydroxylation sites is 1. The predicted molar refractivity (Wildman–Crippen MR) is 84.7 cm³/mol. The molecule has 0 bridgehead atoms. The highest BCUT2D eigenvalue weighted by Gasteiger charge is 2.30. The maximum absolute atomic E-state index is 12.5. The lowest BCUT2D eigenvalue weighted by molar-refractivity contribution is -0.133. The average molecular weight is 290 g/mol. The quantitative estimate of drug-likeness (QED) is 0.905. The van der Waals surface area contributed by atoms with Crippen molar-refractivity contribution in [3.8, 4) is 5.75 Å². The molecule has 1 aliphatic rings. The molecule has 4 nitrogen and oxygen atoms in total. The van der Waals surface area contributed by atoms with E-state index >= 15 is 0 Å². The Hall–Kier alpha value is -1.55. The lowest BCUT2D eigenvalue weighted by Gasteiger charge is -2.33. The molecule has 4 heteroatoms. The molecule has 2 atom stereocenters. The van der Waals surface area contributed by atoms with Gasteiger partial charge in [-0.15, -0.1) is 0 Å². The summed E-state index contributed by atoms with van der Waals surface area (Å²) in [5, 5.41) is 3.37. The number of carbonyl (C=O) groups is 1. The Labute approximate surface area is 127 Å². The molecule has 1 aromatic rings. The lowest BCUT2D eigenvalue weighted by atomic mass is 9.85. The summed E-state index contributed by atoms with van der Waals surface area (Å²) in [5.74, 6) is 1.53. The molecule has 0 spiro atoms. The van der Waals surface area contributed by atoms with Crippen molar-refractivity contribution in [2.24, 2.45) is 0 Å². The van der Waals surface area contributed by atoms with Gasteiger partial charge in [-0.05, 0) is 50.8 Å². The van der Waals surface area contributed by atoms with Crippen LogP contribution >= 0.6 is 0 Å². The summed E-state index contributed by atoms with van der Waals surface area (Å²) in [6, 6.07) is 8.07. The van der Waals surface area contributed by atoms with Gasteiger partial charge >= 0.3 is 0 Å². The van der Waals surface area contributed by atoms with Gasteiger partial charge in [-0.1, -0.05) is 18.2 Å². The number of rotatable bonds is 5. The molecule has 2 unspecified atom stereocenters. The van der Waals surface area contributed by atoms with Crippen molar-refractivity contribution in [2.75, 3.05) is 26.7 Å². The minimum atomic E-state index is -0.0754.